The lowest BCUT2D eigenvalue weighted by atomic mass is 9.98. The first-order valence-corrected chi connectivity index (χ1v) is 5.86. The van der Waals surface area contributed by atoms with Gasteiger partial charge >= 0.3 is 0 Å². The summed E-state index contributed by atoms with van der Waals surface area (Å²) in [5.74, 6) is 0. The highest BCUT2D eigenvalue weighted by Crippen LogP contribution is 2.30. The molecule has 0 amide bonds. The summed E-state index contributed by atoms with van der Waals surface area (Å²) >= 11 is 0. The van der Waals surface area contributed by atoms with Gasteiger partial charge in [0, 0.05) is 24.0 Å². The first-order valence-electron chi connectivity index (χ1n) is 5.86. The van der Waals surface area contributed by atoms with Gasteiger partial charge < -0.3 is 16.2 Å². The van der Waals surface area contributed by atoms with Crippen LogP contribution >= 0.6 is 0 Å². The standard InChI is InChI=1S/C15H18N2O/c1-10-3-5-11(6-4-10)15(18-2)13-8-7-12(16)9-14(13)17/h3-9,15H,16-17H2,1-2H3. The summed E-state index contributed by atoms with van der Waals surface area (Å²) in [7, 11) is 1.68. The van der Waals surface area contributed by atoms with E-state index >= 15 is 0 Å². The van der Waals surface area contributed by atoms with Crippen molar-refractivity contribution < 1.29 is 4.74 Å². The molecule has 94 valence electrons. The Labute approximate surface area is 107 Å². The Morgan fingerprint density at radius 3 is 2.22 bits per heavy atom. The van der Waals surface area contributed by atoms with Crippen LogP contribution in [0.15, 0.2) is 42.5 Å². The van der Waals surface area contributed by atoms with Gasteiger partial charge in [0.25, 0.3) is 0 Å². The van der Waals surface area contributed by atoms with E-state index in [1.165, 1.54) is 5.56 Å². The van der Waals surface area contributed by atoms with E-state index in [1.54, 1.807) is 13.2 Å². The van der Waals surface area contributed by atoms with Gasteiger partial charge in [-0.25, -0.2) is 0 Å². The maximum atomic E-state index is 6.01. The van der Waals surface area contributed by atoms with Gasteiger partial charge in [0.2, 0.25) is 0 Å². The minimum absolute atomic E-state index is 0.161. The van der Waals surface area contributed by atoms with Gasteiger partial charge in [0.15, 0.2) is 0 Å². The van der Waals surface area contributed by atoms with Crippen LogP contribution < -0.4 is 11.5 Å². The second-order valence-electron chi connectivity index (χ2n) is 4.41. The maximum absolute atomic E-state index is 6.01. The molecule has 0 aromatic heterocycles. The second-order valence-corrected chi connectivity index (χ2v) is 4.41. The Bertz CT molecular complexity index is 535. The van der Waals surface area contributed by atoms with E-state index in [1.807, 2.05) is 12.1 Å². The van der Waals surface area contributed by atoms with Crippen molar-refractivity contribution in [2.75, 3.05) is 18.6 Å². The molecular formula is C15H18N2O. The molecule has 0 bridgehead atoms. The average molecular weight is 242 g/mol. The molecule has 3 heteroatoms. The summed E-state index contributed by atoms with van der Waals surface area (Å²) in [6.07, 6.45) is -0.161. The van der Waals surface area contributed by atoms with Gasteiger partial charge in [-0.3, -0.25) is 0 Å². The fourth-order valence-electron chi connectivity index (χ4n) is 2.02. The number of hydrogen-bond acceptors (Lipinski definition) is 3. The number of hydrogen-bond donors (Lipinski definition) is 2. The average Bonchev–Trinajstić information content (AvgIpc) is 2.35. The van der Waals surface area contributed by atoms with Crippen molar-refractivity contribution in [1.29, 1.82) is 0 Å². The third-order valence-corrected chi connectivity index (χ3v) is 3.01. The molecule has 0 saturated heterocycles. The zero-order chi connectivity index (χ0) is 13.1. The summed E-state index contributed by atoms with van der Waals surface area (Å²) < 4.78 is 5.56. The number of rotatable bonds is 3. The van der Waals surface area contributed by atoms with Crippen molar-refractivity contribution in [3.05, 3.63) is 59.2 Å². The van der Waals surface area contributed by atoms with E-state index in [2.05, 4.69) is 31.2 Å². The third kappa shape index (κ3) is 2.46. The number of aryl methyl sites for hydroxylation is 1. The molecule has 1 atom stereocenters. The summed E-state index contributed by atoms with van der Waals surface area (Å²) in [4.78, 5) is 0. The molecule has 4 N–H and O–H groups in total. The summed E-state index contributed by atoms with van der Waals surface area (Å²) in [5.41, 5.74) is 16.3. The van der Waals surface area contributed by atoms with Crippen LogP contribution in [0.4, 0.5) is 11.4 Å². The second kappa shape index (κ2) is 5.10. The maximum Gasteiger partial charge on any atom is 0.109 e. The smallest absolute Gasteiger partial charge is 0.109 e. The minimum Gasteiger partial charge on any atom is -0.399 e. The Hall–Kier alpha value is -2.00. The number of anilines is 2. The van der Waals surface area contributed by atoms with Gasteiger partial charge in [-0.15, -0.1) is 0 Å². The topological polar surface area (TPSA) is 61.3 Å². The van der Waals surface area contributed by atoms with E-state index < -0.39 is 0 Å². The first kappa shape index (κ1) is 12.5. The highest BCUT2D eigenvalue weighted by atomic mass is 16.5. The Balaban J connectivity index is 2.41. The van der Waals surface area contributed by atoms with Crippen molar-refractivity contribution >= 4 is 11.4 Å². The molecule has 0 fully saturated rings. The van der Waals surface area contributed by atoms with Crippen LogP contribution in [0.3, 0.4) is 0 Å². The Morgan fingerprint density at radius 1 is 1.00 bits per heavy atom. The predicted molar refractivity (Wildman–Crippen MR) is 75.3 cm³/mol. The number of ether oxygens (including phenoxy) is 1. The molecule has 0 aliphatic heterocycles. The van der Waals surface area contributed by atoms with Crippen LogP contribution in [0, 0.1) is 6.92 Å². The SMILES string of the molecule is COC(c1ccc(C)cc1)c1ccc(N)cc1N. The summed E-state index contributed by atoms with van der Waals surface area (Å²) in [6, 6.07) is 13.8. The molecule has 18 heavy (non-hydrogen) atoms. The predicted octanol–water partition coefficient (Wildman–Crippen LogP) is 2.90. The molecular weight excluding hydrogens is 224 g/mol. The highest BCUT2D eigenvalue weighted by molar-refractivity contribution is 5.58. The molecule has 0 aliphatic rings. The number of methoxy groups -OCH3 is 1. The molecule has 0 saturated carbocycles. The quantitative estimate of drug-likeness (QED) is 0.813. The number of nitrogen functional groups attached to an aromatic ring is 2. The van der Waals surface area contributed by atoms with Gasteiger partial charge in [-0.1, -0.05) is 35.9 Å². The van der Waals surface area contributed by atoms with Crippen LogP contribution in [0.1, 0.15) is 22.8 Å². The van der Waals surface area contributed by atoms with E-state index in [-0.39, 0.29) is 6.10 Å². The lowest BCUT2D eigenvalue weighted by molar-refractivity contribution is 0.137. The molecule has 2 rings (SSSR count). The van der Waals surface area contributed by atoms with Crippen LogP contribution in [-0.2, 0) is 4.74 Å². The Kier molecular flexibility index (Phi) is 3.53. The van der Waals surface area contributed by atoms with Gasteiger partial charge in [0.1, 0.15) is 6.10 Å². The molecule has 0 heterocycles. The largest absolute Gasteiger partial charge is 0.399 e. The highest BCUT2D eigenvalue weighted by Gasteiger charge is 2.15. The third-order valence-electron chi connectivity index (χ3n) is 3.01. The molecule has 2 aromatic carbocycles. The van der Waals surface area contributed by atoms with E-state index in [0.29, 0.717) is 11.4 Å². The van der Waals surface area contributed by atoms with Gasteiger partial charge in [-0.05, 0) is 24.6 Å². The zero-order valence-electron chi connectivity index (χ0n) is 10.7. The van der Waals surface area contributed by atoms with Crippen molar-refractivity contribution in [1.82, 2.24) is 0 Å². The van der Waals surface area contributed by atoms with Crippen molar-refractivity contribution in [2.24, 2.45) is 0 Å². The molecule has 2 aromatic rings. The number of benzene rings is 2. The van der Waals surface area contributed by atoms with Crippen molar-refractivity contribution in [3.63, 3.8) is 0 Å². The normalized spacial score (nSPS) is 12.3. The monoisotopic (exact) mass is 242 g/mol. The lowest BCUT2D eigenvalue weighted by Crippen LogP contribution is -2.07. The van der Waals surface area contributed by atoms with Crippen LogP contribution in [0.2, 0.25) is 0 Å². The minimum atomic E-state index is -0.161. The molecule has 0 radical (unpaired) electrons. The van der Waals surface area contributed by atoms with E-state index in [9.17, 15) is 0 Å². The van der Waals surface area contributed by atoms with Crippen molar-refractivity contribution in [3.8, 4) is 0 Å². The fraction of sp³-hybridized carbons (Fsp3) is 0.200. The summed E-state index contributed by atoms with van der Waals surface area (Å²) in [6.45, 7) is 2.06. The van der Waals surface area contributed by atoms with Crippen molar-refractivity contribution in [2.45, 2.75) is 13.0 Å². The van der Waals surface area contributed by atoms with Crippen LogP contribution in [0.25, 0.3) is 0 Å². The lowest BCUT2D eigenvalue weighted by Gasteiger charge is -2.18. The molecule has 1 unspecified atom stereocenters. The van der Waals surface area contributed by atoms with Crippen LogP contribution in [-0.4, -0.2) is 7.11 Å². The Morgan fingerprint density at radius 2 is 1.67 bits per heavy atom. The molecule has 3 nitrogen and oxygen atoms in total. The van der Waals surface area contributed by atoms with Crippen LogP contribution in [0.5, 0.6) is 0 Å². The summed E-state index contributed by atoms with van der Waals surface area (Å²) in [5, 5.41) is 0. The van der Waals surface area contributed by atoms with E-state index in [0.717, 1.165) is 11.1 Å². The zero-order valence-corrected chi connectivity index (χ0v) is 10.7. The molecule has 0 aliphatic carbocycles. The van der Waals surface area contributed by atoms with Gasteiger partial charge in [0.05, 0.1) is 0 Å². The van der Waals surface area contributed by atoms with E-state index in [4.69, 9.17) is 16.2 Å². The first-order chi connectivity index (χ1) is 8.61. The van der Waals surface area contributed by atoms with Gasteiger partial charge in [-0.2, -0.15) is 0 Å². The fourth-order valence-corrected chi connectivity index (χ4v) is 2.02. The number of nitrogens with two attached hydrogens (primary N) is 2. The molecule has 0 spiro atoms.